The fourth-order valence-corrected chi connectivity index (χ4v) is 2.56. The van der Waals surface area contributed by atoms with Crippen molar-refractivity contribution in [2.75, 3.05) is 20.2 Å². The molecule has 5 nitrogen and oxygen atoms in total. The summed E-state index contributed by atoms with van der Waals surface area (Å²) >= 11 is 0. The molecule has 0 spiro atoms. The van der Waals surface area contributed by atoms with Crippen molar-refractivity contribution in [1.29, 1.82) is 0 Å². The van der Waals surface area contributed by atoms with Crippen LogP contribution in [0.2, 0.25) is 0 Å². The van der Waals surface area contributed by atoms with Crippen molar-refractivity contribution in [3.05, 3.63) is 23.9 Å². The van der Waals surface area contributed by atoms with E-state index in [0.29, 0.717) is 18.0 Å². The van der Waals surface area contributed by atoms with E-state index in [1.165, 1.54) is 7.11 Å². The third-order valence-corrected chi connectivity index (χ3v) is 3.60. The normalized spacial score (nSPS) is 19.9. The number of ether oxygens (including phenoxy) is 1. The molecule has 104 valence electrons. The number of nitrogens with two attached hydrogens (primary N) is 1. The molecule has 2 rings (SSSR count). The van der Waals surface area contributed by atoms with Crippen LogP contribution in [0.5, 0.6) is 5.88 Å². The van der Waals surface area contributed by atoms with Crippen LogP contribution in [0, 0.1) is 0 Å². The molecular formula is C14H21N3O2. The minimum absolute atomic E-state index is 0.0256. The summed E-state index contributed by atoms with van der Waals surface area (Å²) < 4.78 is 5.17. The van der Waals surface area contributed by atoms with Gasteiger partial charge in [-0.2, -0.15) is 0 Å². The summed E-state index contributed by atoms with van der Waals surface area (Å²) in [6.45, 7) is 1.27. The fraction of sp³-hybridized carbons (Fsp3) is 0.571. The third-order valence-electron chi connectivity index (χ3n) is 3.60. The monoisotopic (exact) mass is 263 g/mol. The predicted molar refractivity (Wildman–Crippen MR) is 73.1 cm³/mol. The molecule has 1 unspecified atom stereocenters. The van der Waals surface area contributed by atoms with E-state index in [2.05, 4.69) is 4.98 Å². The summed E-state index contributed by atoms with van der Waals surface area (Å²) in [6.07, 6.45) is 5.92. The number of hydrogen-bond acceptors (Lipinski definition) is 4. The Bertz CT molecular complexity index is 436. The molecule has 1 aromatic rings. The molecule has 0 aliphatic carbocycles. The molecule has 1 atom stereocenters. The van der Waals surface area contributed by atoms with E-state index in [1.807, 2.05) is 4.90 Å². The molecule has 1 aliphatic rings. The van der Waals surface area contributed by atoms with Gasteiger partial charge in [-0.15, -0.1) is 0 Å². The zero-order valence-corrected chi connectivity index (χ0v) is 11.3. The van der Waals surface area contributed by atoms with Gasteiger partial charge >= 0.3 is 0 Å². The highest BCUT2D eigenvalue weighted by Crippen LogP contribution is 2.22. The number of aromatic nitrogens is 1. The van der Waals surface area contributed by atoms with Crippen molar-refractivity contribution in [2.45, 2.75) is 31.7 Å². The van der Waals surface area contributed by atoms with Crippen LogP contribution in [-0.4, -0.2) is 42.0 Å². The molecule has 19 heavy (non-hydrogen) atoms. The molecule has 2 N–H and O–H groups in total. The molecule has 1 aromatic heterocycles. The molecule has 1 amide bonds. The van der Waals surface area contributed by atoms with E-state index in [1.54, 1.807) is 18.3 Å². The summed E-state index contributed by atoms with van der Waals surface area (Å²) in [6, 6.07) is 3.64. The van der Waals surface area contributed by atoms with Gasteiger partial charge in [0.2, 0.25) is 5.88 Å². The minimum Gasteiger partial charge on any atom is -0.480 e. The van der Waals surface area contributed by atoms with Gasteiger partial charge in [0.05, 0.1) is 7.11 Å². The van der Waals surface area contributed by atoms with E-state index >= 15 is 0 Å². The van der Waals surface area contributed by atoms with E-state index in [-0.39, 0.29) is 11.9 Å². The number of pyridine rings is 1. The van der Waals surface area contributed by atoms with Crippen molar-refractivity contribution in [1.82, 2.24) is 9.88 Å². The molecule has 1 fully saturated rings. The largest absolute Gasteiger partial charge is 0.480 e. The number of likely N-dealkylation sites (tertiary alicyclic amines) is 1. The number of carbonyl (C=O) groups is 1. The maximum Gasteiger partial charge on any atom is 0.259 e. The number of rotatable bonds is 3. The first-order valence-corrected chi connectivity index (χ1v) is 6.78. The van der Waals surface area contributed by atoms with Gasteiger partial charge < -0.3 is 15.4 Å². The molecule has 1 saturated heterocycles. The van der Waals surface area contributed by atoms with Crippen molar-refractivity contribution < 1.29 is 9.53 Å². The van der Waals surface area contributed by atoms with Gasteiger partial charge in [0.15, 0.2) is 0 Å². The van der Waals surface area contributed by atoms with Gasteiger partial charge in [-0.3, -0.25) is 4.79 Å². The van der Waals surface area contributed by atoms with Crippen LogP contribution in [0.1, 0.15) is 36.0 Å². The summed E-state index contributed by atoms with van der Waals surface area (Å²) in [7, 11) is 1.53. The second-order valence-corrected chi connectivity index (χ2v) is 4.80. The third kappa shape index (κ3) is 3.04. The van der Waals surface area contributed by atoms with E-state index < -0.39 is 0 Å². The van der Waals surface area contributed by atoms with Gasteiger partial charge in [-0.25, -0.2) is 4.98 Å². The zero-order chi connectivity index (χ0) is 13.7. The van der Waals surface area contributed by atoms with E-state index in [0.717, 1.165) is 32.2 Å². The maximum atomic E-state index is 12.7. The topological polar surface area (TPSA) is 68.5 Å². The summed E-state index contributed by atoms with van der Waals surface area (Å²) in [4.78, 5) is 18.6. The first-order chi connectivity index (χ1) is 9.27. The molecular weight excluding hydrogens is 242 g/mol. The highest BCUT2D eigenvalue weighted by molar-refractivity contribution is 5.96. The first-order valence-electron chi connectivity index (χ1n) is 6.78. The van der Waals surface area contributed by atoms with Crippen LogP contribution in [0.4, 0.5) is 0 Å². The van der Waals surface area contributed by atoms with Crippen LogP contribution in [0.25, 0.3) is 0 Å². The Morgan fingerprint density at radius 2 is 2.37 bits per heavy atom. The second-order valence-electron chi connectivity index (χ2n) is 4.80. The quantitative estimate of drug-likeness (QED) is 0.895. The number of methoxy groups -OCH3 is 1. The fourth-order valence-electron chi connectivity index (χ4n) is 2.56. The predicted octanol–water partition coefficient (Wildman–Crippen LogP) is 1.43. The Kier molecular flexibility index (Phi) is 4.74. The Morgan fingerprint density at radius 3 is 3.11 bits per heavy atom. The van der Waals surface area contributed by atoms with Crippen LogP contribution >= 0.6 is 0 Å². The molecule has 2 heterocycles. The lowest BCUT2D eigenvalue weighted by Gasteiger charge is -2.29. The Labute approximate surface area is 113 Å². The van der Waals surface area contributed by atoms with Gasteiger partial charge in [-0.1, -0.05) is 12.8 Å². The van der Waals surface area contributed by atoms with Crippen LogP contribution in [0.3, 0.4) is 0 Å². The molecule has 0 aromatic carbocycles. The van der Waals surface area contributed by atoms with Gasteiger partial charge in [0.25, 0.3) is 5.91 Å². The number of hydrogen-bond donors (Lipinski definition) is 1. The molecule has 1 aliphatic heterocycles. The zero-order valence-electron chi connectivity index (χ0n) is 11.3. The van der Waals surface area contributed by atoms with Gasteiger partial charge in [0.1, 0.15) is 5.56 Å². The number of amides is 1. The second kappa shape index (κ2) is 6.52. The average Bonchev–Trinajstić information content (AvgIpc) is 2.71. The highest BCUT2D eigenvalue weighted by Gasteiger charge is 2.27. The molecule has 0 radical (unpaired) electrons. The lowest BCUT2D eigenvalue weighted by Crippen LogP contribution is -2.44. The molecule has 0 saturated carbocycles. The van der Waals surface area contributed by atoms with Crippen molar-refractivity contribution in [2.24, 2.45) is 5.73 Å². The van der Waals surface area contributed by atoms with Gasteiger partial charge in [-0.05, 0) is 25.0 Å². The van der Waals surface area contributed by atoms with Crippen LogP contribution in [-0.2, 0) is 0 Å². The average molecular weight is 263 g/mol. The van der Waals surface area contributed by atoms with Crippen molar-refractivity contribution in [3.8, 4) is 5.88 Å². The standard InChI is InChI=1S/C14H21N3O2/c1-19-13-12(7-5-8-16-13)14(18)17-9-4-2-3-6-11(17)10-15/h5,7-8,11H,2-4,6,9-10,15H2,1H3. The number of nitrogens with zero attached hydrogens (tertiary/aromatic N) is 2. The van der Waals surface area contributed by atoms with Gasteiger partial charge in [0, 0.05) is 25.3 Å². The van der Waals surface area contributed by atoms with Crippen LogP contribution in [0.15, 0.2) is 18.3 Å². The SMILES string of the molecule is COc1ncccc1C(=O)N1CCCCCC1CN. The highest BCUT2D eigenvalue weighted by atomic mass is 16.5. The Balaban J connectivity index is 2.25. The van der Waals surface area contributed by atoms with E-state index in [9.17, 15) is 4.79 Å². The summed E-state index contributed by atoms with van der Waals surface area (Å²) in [5.41, 5.74) is 6.33. The number of carbonyl (C=O) groups excluding carboxylic acids is 1. The maximum absolute atomic E-state index is 12.7. The Morgan fingerprint density at radius 1 is 1.53 bits per heavy atom. The van der Waals surface area contributed by atoms with Crippen molar-refractivity contribution in [3.63, 3.8) is 0 Å². The first kappa shape index (κ1) is 13.8. The Hall–Kier alpha value is -1.62. The summed E-state index contributed by atoms with van der Waals surface area (Å²) in [5.74, 6) is 0.356. The van der Waals surface area contributed by atoms with Crippen molar-refractivity contribution >= 4 is 5.91 Å². The lowest BCUT2D eigenvalue weighted by atomic mass is 10.1. The lowest BCUT2D eigenvalue weighted by molar-refractivity contribution is 0.0685. The van der Waals surface area contributed by atoms with E-state index in [4.69, 9.17) is 10.5 Å². The smallest absolute Gasteiger partial charge is 0.259 e. The molecule has 5 heteroatoms. The summed E-state index contributed by atoms with van der Waals surface area (Å²) in [5, 5.41) is 0. The minimum atomic E-state index is -0.0256. The molecule has 0 bridgehead atoms. The van der Waals surface area contributed by atoms with Crippen LogP contribution < -0.4 is 10.5 Å².